The Labute approximate surface area is 163 Å². The molecule has 2 fully saturated rings. The lowest BCUT2D eigenvalue weighted by Crippen LogP contribution is -2.28. The summed E-state index contributed by atoms with van der Waals surface area (Å²) >= 11 is 0. The maximum Gasteiger partial charge on any atom is 0.144 e. The van der Waals surface area contributed by atoms with Crippen LogP contribution < -0.4 is 0 Å². The van der Waals surface area contributed by atoms with Gasteiger partial charge >= 0.3 is 0 Å². The van der Waals surface area contributed by atoms with Gasteiger partial charge in [-0.1, -0.05) is 39.5 Å². The van der Waals surface area contributed by atoms with E-state index in [2.05, 4.69) is 13.8 Å². The number of hydrogen-bond acceptors (Lipinski definition) is 1. The molecule has 0 aromatic heterocycles. The van der Waals surface area contributed by atoms with Gasteiger partial charge in [-0.05, 0) is 85.8 Å². The minimum Gasteiger partial charge on any atom is -0.205 e. The second-order valence-electron chi connectivity index (χ2n) is 9.01. The molecule has 1 aromatic rings. The molecule has 1 nitrogen and oxygen atoms in total. The van der Waals surface area contributed by atoms with Crippen LogP contribution in [0.1, 0.15) is 95.1 Å². The SMILES string of the molecule is CCCC1CCC(C(C)[C@H]2CC[C@H](c3cc(F)c(C#N)c(F)c3)CC2)CC1. The summed E-state index contributed by atoms with van der Waals surface area (Å²) in [6, 6.07) is 4.37. The number of nitriles is 1. The van der Waals surface area contributed by atoms with Crippen molar-refractivity contribution < 1.29 is 8.78 Å². The van der Waals surface area contributed by atoms with Crippen molar-refractivity contribution in [3.05, 3.63) is 34.9 Å². The Hall–Kier alpha value is -1.43. The van der Waals surface area contributed by atoms with Crippen molar-refractivity contribution in [1.82, 2.24) is 0 Å². The summed E-state index contributed by atoms with van der Waals surface area (Å²) in [5.41, 5.74) is 0.273. The van der Waals surface area contributed by atoms with E-state index in [-0.39, 0.29) is 5.92 Å². The normalized spacial score (nSPS) is 29.9. The molecule has 1 aromatic carbocycles. The predicted octanol–water partition coefficient (Wildman–Crippen LogP) is 7.35. The number of rotatable bonds is 5. The Morgan fingerprint density at radius 1 is 0.963 bits per heavy atom. The molecule has 0 heterocycles. The van der Waals surface area contributed by atoms with Crippen LogP contribution in [0.3, 0.4) is 0 Å². The molecule has 0 N–H and O–H groups in total. The minimum absolute atomic E-state index is 0.227. The van der Waals surface area contributed by atoms with Crippen LogP contribution in [0.4, 0.5) is 8.78 Å². The Morgan fingerprint density at radius 2 is 1.48 bits per heavy atom. The molecule has 0 radical (unpaired) electrons. The molecule has 0 saturated heterocycles. The van der Waals surface area contributed by atoms with Crippen molar-refractivity contribution in [3.63, 3.8) is 0 Å². The fraction of sp³-hybridized carbons (Fsp3) is 0.708. The van der Waals surface area contributed by atoms with Crippen LogP contribution in [0.2, 0.25) is 0 Å². The lowest BCUT2D eigenvalue weighted by Gasteiger charge is -2.39. The van der Waals surface area contributed by atoms with Gasteiger partial charge in [-0.15, -0.1) is 0 Å². The maximum absolute atomic E-state index is 13.9. The summed E-state index contributed by atoms with van der Waals surface area (Å²) in [4.78, 5) is 0. The van der Waals surface area contributed by atoms with Crippen molar-refractivity contribution in [2.24, 2.45) is 23.7 Å². The second kappa shape index (κ2) is 9.18. The van der Waals surface area contributed by atoms with Gasteiger partial charge in [-0.2, -0.15) is 5.26 Å². The predicted molar refractivity (Wildman–Crippen MR) is 105 cm³/mol. The highest BCUT2D eigenvalue weighted by molar-refractivity contribution is 5.36. The summed E-state index contributed by atoms with van der Waals surface area (Å²) in [5.74, 6) is 2.13. The highest BCUT2D eigenvalue weighted by atomic mass is 19.1. The van der Waals surface area contributed by atoms with E-state index in [1.807, 2.05) is 0 Å². The van der Waals surface area contributed by atoms with Crippen molar-refractivity contribution in [2.75, 3.05) is 0 Å². The highest BCUT2D eigenvalue weighted by Crippen LogP contribution is 2.45. The summed E-state index contributed by atoms with van der Waals surface area (Å²) in [6.07, 6.45) is 12.6. The third kappa shape index (κ3) is 4.71. The van der Waals surface area contributed by atoms with E-state index in [1.165, 1.54) is 50.7 Å². The molecule has 27 heavy (non-hydrogen) atoms. The van der Waals surface area contributed by atoms with Crippen LogP contribution in [0.25, 0.3) is 0 Å². The van der Waals surface area contributed by atoms with Gasteiger partial charge in [0, 0.05) is 0 Å². The molecular weight excluding hydrogens is 340 g/mol. The molecule has 0 aliphatic heterocycles. The van der Waals surface area contributed by atoms with Crippen LogP contribution in [-0.2, 0) is 0 Å². The minimum atomic E-state index is -0.716. The fourth-order valence-electron chi connectivity index (χ4n) is 5.71. The molecule has 0 amide bonds. The van der Waals surface area contributed by atoms with Crippen LogP contribution in [0, 0.1) is 46.6 Å². The molecule has 2 aliphatic rings. The lowest BCUT2D eigenvalue weighted by molar-refractivity contribution is 0.132. The molecular formula is C24H33F2N. The van der Waals surface area contributed by atoms with E-state index in [9.17, 15) is 8.78 Å². The standard InChI is InChI=1S/C24H33F2N/c1-3-4-17-5-7-18(8-6-17)16(2)19-9-11-20(12-10-19)21-13-23(25)22(15-27)24(26)14-21/h13-14,16-20H,3-12H2,1-2H3/t16?,17?,18?,19-,20-. The molecule has 2 aliphatic carbocycles. The van der Waals surface area contributed by atoms with Crippen LogP contribution in [0.15, 0.2) is 12.1 Å². The smallest absolute Gasteiger partial charge is 0.144 e. The number of benzene rings is 1. The van der Waals surface area contributed by atoms with Crippen LogP contribution in [-0.4, -0.2) is 0 Å². The van der Waals surface area contributed by atoms with Crippen molar-refractivity contribution in [3.8, 4) is 6.07 Å². The van der Waals surface area contributed by atoms with Gasteiger partial charge < -0.3 is 0 Å². The van der Waals surface area contributed by atoms with Gasteiger partial charge in [0.1, 0.15) is 23.3 Å². The third-order valence-corrected chi connectivity index (χ3v) is 7.49. The molecule has 1 unspecified atom stereocenters. The average Bonchev–Trinajstić information content (AvgIpc) is 2.68. The molecule has 148 valence electrons. The van der Waals surface area contributed by atoms with Gasteiger partial charge in [-0.3, -0.25) is 0 Å². The summed E-state index contributed by atoms with van der Waals surface area (Å²) in [5, 5.41) is 8.84. The second-order valence-corrected chi connectivity index (χ2v) is 9.01. The summed E-state index contributed by atoms with van der Waals surface area (Å²) < 4.78 is 27.9. The Morgan fingerprint density at radius 3 is 1.96 bits per heavy atom. The summed E-state index contributed by atoms with van der Waals surface area (Å²) in [7, 11) is 0. The first kappa shape index (κ1) is 20.3. The van der Waals surface area contributed by atoms with Gasteiger partial charge in [-0.25, -0.2) is 8.78 Å². The average molecular weight is 374 g/mol. The molecule has 3 rings (SSSR count). The zero-order valence-electron chi connectivity index (χ0n) is 16.8. The Bertz CT molecular complexity index is 638. The third-order valence-electron chi connectivity index (χ3n) is 7.49. The van der Waals surface area contributed by atoms with Crippen molar-refractivity contribution in [2.45, 2.75) is 84.0 Å². The monoisotopic (exact) mass is 373 g/mol. The Kier molecular flexibility index (Phi) is 6.90. The maximum atomic E-state index is 13.9. The molecule has 1 atom stereocenters. The van der Waals surface area contributed by atoms with Gasteiger partial charge in [0.2, 0.25) is 0 Å². The number of hydrogen-bond donors (Lipinski definition) is 0. The van der Waals surface area contributed by atoms with Crippen molar-refractivity contribution >= 4 is 0 Å². The van der Waals surface area contributed by atoms with E-state index in [1.54, 1.807) is 6.07 Å². The van der Waals surface area contributed by atoms with E-state index in [0.29, 0.717) is 0 Å². The van der Waals surface area contributed by atoms with E-state index < -0.39 is 17.2 Å². The van der Waals surface area contributed by atoms with E-state index in [4.69, 9.17) is 5.26 Å². The van der Waals surface area contributed by atoms with Gasteiger partial charge in [0.15, 0.2) is 0 Å². The first-order chi connectivity index (χ1) is 13.0. The summed E-state index contributed by atoms with van der Waals surface area (Å²) in [6.45, 7) is 4.73. The highest BCUT2D eigenvalue weighted by Gasteiger charge is 2.32. The number of nitrogens with zero attached hydrogens (tertiary/aromatic N) is 1. The topological polar surface area (TPSA) is 23.8 Å². The number of halogens is 2. The molecule has 2 saturated carbocycles. The van der Waals surface area contributed by atoms with Gasteiger partial charge in [0.25, 0.3) is 0 Å². The zero-order chi connectivity index (χ0) is 19.4. The van der Waals surface area contributed by atoms with E-state index in [0.717, 1.165) is 54.9 Å². The van der Waals surface area contributed by atoms with Crippen LogP contribution >= 0.6 is 0 Å². The largest absolute Gasteiger partial charge is 0.205 e. The van der Waals surface area contributed by atoms with Crippen LogP contribution in [0.5, 0.6) is 0 Å². The van der Waals surface area contributed by atoms with E-state index >= 15 is 0 Å². The molecule has 3 heteroatoms. The van der Waals surface area contributed by atoms with Gasteiger partial charge in [0.05, 0.1) is 0 Å². The Balaban J connectivity index is 1.54. The zero-order valence-corrected chi connectivity index (χ0v) is 16.8. The molecule has 0 spiro atoms. The quantitative estimate of drug-likeness (QED) is 0.529. The first-order valence-electron chi connectivity index (χ1n) is 10.9. The lowest BCUT2D eigenvalue weighted by atomic mass is 9.66. The first-order valence-corrected chi connectivity index (χ1v) is 10.9. The fourth-order valence-corrected chi connectivity index (χ4v) is 5.71. The van der Waals surface area contributed by atoms with Crippen molar-refractivity contribution in [1.29, 1.82) is 5.26 Å². The molecule has 0 bridgehead atoms.